The highest BCUT2D eigenvalue weighted by Crippen LogP contribution is 2.54. The molecule has 0 aromatic rings. The van der Waals surface area contributed by atoms with E-state index in [4.69, 9.17) is 9.47 Å². The standard InChI is InChI=1S/C15H18F2O8S/c1-7(5-23-6-15(16,17)26(20,21)22)14(19)25-12-9-2-8-4-11(18)24-13(12)10(8)3-9/h8-10,12-13H,1-6H2,(H,20,21,22)/p-1. The van der Waals surface area contributed by atoms with Gasteiger partial charge < -0.3 is 18.8 Å². The van der Waals surface area contributed by atoms with Gasteiger partial charge in [0.05, 0.1) is 12.2 Å². The van der Waals surface area contributed by atoms with Crippen LogP contribution < -0.4 is 0 Å². The minimum absolute atomic E-state index is 0.0655. The van der Waals surface area contributed by atoms with Crippen LogP contribution in [0.25, 0.3) is 0 Å². The van der Waals surface area contributed by atoms with Gasteiger partial charge in [0.2, 0.25) is 0 Å². The van der Waals surface area contributed by atoms with Crippen molar-refractivity contribution >= 4 is 22.1 Å². The molecule has 8 nitrogen and oxygen atoms in total. The Balaban J connectivity index is 1.51. The van der Waals surface area contributed by atoms with Gasteiger partial charge in [0, 0.05) is 18.3 Å². The predicted octanol–water partition coefficient (Wildman–Crippen LogP) is 0.581. The van der Waals surface area contributed by atoms with Gasteiger partial charge in [-0.25, -0.2) is 13.2 Å². The van der Waals surface area contributed by atoms with Crippen LogP contribution in [0.5, 0.6) is 0 Å². The molecular formula is C15H17F2O8S-. The Bertz CT molecular complexity index is 734. The minimum Gasteiger partial charge on any atom is -0.743 e. The average Bonchev–Trinajstić information content (AvgIpc) is 3.06. The van der Waals surface area contributed by atoms with Crippen molar-refractivity contribution in [2.75, 3.05) is 13.2 Å². The third kappa shape index (κ3) is 3.47. The van der Waals surface area contributed by atoms with E-state index in [9.17, 15) is 31.3 Å². The van der Waals surface area contributed by atoms with Gasteiger partial charge in [-0.1, -0.05) is 6.58 Å². The Morgan fingerprint density at radius 2 is 2.04 bits per heavy atom. The molecular weight excluding hydrogens is 378 g/mol. The van der Waals surface area contributed by atoms with Gasteiger partial charge in [-0.05, 0) is 18.8 Å². The minimum atomic E-state index is -5.86. The number of hydrogen-bond donors (Lipinski definition) is 0. The monoisotopic (exact) mass is 395 g/mol. The summed E-state index contributed by atoms with van der Waals surface area (Å²) in [4.78, 5) is 23.6. The van der Waals surface area contributed by atoms with Crippen molar-refractivity contribution in [3.8, 4) is 0 Å². The summed E-state index contributed by atoms with van der Waals surface area (Å²) in [6.45, 7) is 0.938. The van der Waals surface area contributed by atoms with Crippen LogP contribution in [-0.2, 0) is 33.9 Å². The van der Waals surface area contributed by atoms with Crippen molar-refractivity contribution in [1.82, 2.24) is 0 Å². The van der Waals surface area contributed by atoms with Gasteiger partial charge in [0.25, 0.3) is 0 Å². The number of hydrogen-bond acceptors (Lipinski definition) is 8. The number of carbonyl (C=O) groups excluding carboxylic acids is 2. The molecule has 3 aliphatic rings. The van der Waals surface area contributed by atoms with Crippen LogP contribution in [0, 0.1) is 17.8 Å². The van der Waals surface area contributed by atoms with Crippen molar-refractivity contribution in [3.05, 3.63) is 12.2 Å². The molecule has 1 aliphatic heterocycles. The maximum Gasteiger partial charge on any atom is 0.357 e. The summed E-state index contributed by atoms with van der Waals surface area (Å²) in [5.74, 6) is -0.782. The number of halogens is 2. The van der Waals surface area contributed by atoms with Gasteiger partial charge in [-0.2, -0.15) is 8.78 Å². The maximum absolute atomic E-state index is 13.0. The lowest BCUT2D eigenvalue weighted by molar-refractivity contribution is -0.183. The summed E-state index contributed by atoms with van der Waals surface area (Å²) in [6, 6.07) is 0. The van der Waals surface area contributed by atoms with E-state index in [1.807, 2.05) is 0 Å². The summed E-state index contributed by atoms with van der Waals surface area (Å²) in [7, 11) is -5.86. The van der Waals surface area contributed by atoms with Crippen LogP contribution in [0.15, 0.2) is 12.2 Å². The Morgan fingerprint density at radius 3 is 2.69 bits per heavy atom. The van der Waals surface area contributed by atoms with E-state index in [2.05, 4.69) is 11.3 Å². The number of rotatable bonds is 7. The Hall–Kier alpha value is -1.59. The topological polar surface area (TPSA) is 119 Å². The molecule has 2 saturated carbocycles. The van der Waals surface area contributed by atoms with E-state index in [1.54, 1.807) is 0 Å². The zero-order valence-electron chi connectivity index (χ0n) is 13.6. The van der Waals surface area contributed by atoms with Crippen LogP contribution in [-0.4, -0.2) is 55.6 Å². The third-order valence-electron chi connectivity index (χ3n) is 5.14. The zero-order chi connectivity index (χ0) is 19.3. The van der Waals surface area contributed by atoms with E-state index in [-0.39, 0.29) is 29.3 Å². The van der Waals surface area contributed by atoms with E-state index in [0.29, 0.717) is 6.42 Å². The van der Waals surface area contributed by atoms with Crippen molar-refractivity contribution in [3.63, 3.8) is 0 Å². The summed E-state index contributed by atoms with van der Waals surface area (Å²) in [5.41, 5.74) is -0.314. The SMILES string of the molecule is C=C(COCC(F)(F)S(=O)(=O)[O-])C(=O)OC1C2CC3CC(=O)OC1C3C2. The molecule has 11 heteroatoms. The first kappa shape index (κ1) is 19.2. The molecule has 0 aromatic heterocycles. The maximum atomic E-state index is 13.0. The fourth-order valence-electron chi connectivity index (χ4n) is 3.98. The second-order valence-corrected chi connectivity index (χ2v) is 8.38. The van der Waals surface area contributed by atoms with E-state index < -0.39 is 46.8 Å². The third-order valence-corrected chi connectivity index (χ3v) is 5.99. The lowest BCUT2D eigenvalue weighted by Gasteiger charge is -2.38. The second-order valence-electron chi connectivity index (χ2n) is 6.87. The number of esters is 2. The van der Waals surface area contributed by atoms with Crippen LogP contribution in [0.1, 0.15) is 19.3 Å². The van der Waals surface area contributed by atoms with E-state index >= 15 is 0 Å². The van der Waals surface area contributed by atoms with Crippen molar-refractivity contribution in [2.24, 2.45) is 17.8 Å². The molecule has 0 aromatic carbocycles. The molecule has 1 saturated heterocycles. The normalized spacial score (nSPS) is 33.0. The zero-order valence-corrected chi connectivity index (χ0v) is 14.4. The molecule has 0 N–H and O–H groups in total. The van der Waals surface area contributed by atoms with Gasteiger partial charge >= 0.3 is 17.2 Å². The number of carbonyl (C=O) groups is 2. The smallest absolute Gasteiger partial charge is 0.357 e. The molecule has 26 heavy (non-hydrogen) atoms. The summed E-state index contributed by atoms with van der Waals surface area (Å²) in [5, 5.41) is -4.60. The first-order chi connectivity index (χ1) is 12.0. The summed E-state index contributed by atoms with van der Waals surface area (Å²) in [6.07, 6.45) is 0.790. The Labute approximate surface area is 148 Å². The molecule has 1 heterocycles. The second kappa shape index (κ2) is 6.54. The van der Waals surface area contributed by atoms with Gasteiger partial charge in [0.1, 0.15) is 18.8 Å². The van der Waals surface area contributed by atoms with Gasteiger partial charge in [0.15, 0.2) is 10.1 Å². The van der Waals surface area contributed by atoms with Gasteiger partial charge in [-0.15, -0.1) is 0 Å². The fraction of sp³-hybridized carbons (Fsp3) is 0.733. The lowest BCUT2D eigenvalue weighted by atomic mass is 9.81. The van der Waals surface area contributed by atoms with E-state index in [1.165, 1.54) is 0 Å². The number of ether oxygens (including phenoxy) is 3. The van der Waals surface area contributed by atoms with Crippen LogP contribution >= 0.6 is 0 Å². The van der Waals surface area contributed by atoms with Crippen LogP contribution in [0.3, 0.4) is 0 Å². The highest BCUT2D eigenvalue weighted by atomic mass is 32.2. The fourth-order valence-corrected chi connectivity index (χ4v) is 4.21. The molecule has 3 rings (SSSR count). The van der Waals surface area contributed by atoms with Crippen molar-refractivity contribution < 1.29 is 45.6 Å². The van der Waals surface area contributed by atoms with Crippen LogP contribution in [0.2, 0.25) is 0 Å². The van der Waals surface area contributed by atoms with Gasteiger partial charge in [-0.3, -0.25) is 4.79 Å². The molecule has 0 radical (unpaired) electrons. The molecule has 5 atom stereocenters. The molecule has 5 unspecified atom stereocenters. The molecule has 0 amide bonds. The summed E-state index contributed by atoms with van der Waals surface area (Å²) < 4.78 is 72.0. The highest BCUT2D eigenvalue weighted by molar-refractivity contribution is 7.86. The highest BCUT2D eigenvalue weighted by Gasteiger charge is 2.59. The van der Waals surface area contributed by atoms with Crippen LogP contribution in [0.4, 0.5) is 8.78 Å². The lowest BCUT2D eigenvalue weighted by Crippen LogP contribution is -2.47. The largest absolute Gasteiger partial charge is 0.743 e. The molecule has 3 fully saturated rings. The molecule has 2 aliphatic carbocycles. The van der Waals surface area contributed by atoms with Crippen molar-refractivity contribution in [2.45, 2.75) is 36.7 Å². The number of fused-ring (bicyclic) bond motifs is 1. The average molecular weight is 395 g/mol. The number of alkyl halides is 2. The first-order valence-corrected chi connectivity index (χ1v) is 9.39. The van der Waals surface area contributed by atoms with E-state index in [0.717, 1.165) is 12.8 Å². The Morgan fingerprint density at radius 1 is 1.35 bits per heavy atom. The first-order valence-electron chi connectivity index (χ1n) is 7.99. The molecule has 146 valence electrons. The quantitative estimate of drug-likeness (QED) is 0.349. The Kier molecular flexibility index (Phi) is 4.82. The summed E-state index contributed by atoms with van der Waals surface area (Å²) >= 11 is 0. The predicted molar refractivity (Wildman–Crippen MR) is 78.7 cm³/mol. The molecule has 0 spiro atoms. The molecule has 2 bridgehead atoms. The van der Waals surface area contributed by atoms with Crippen molar-refractivity contribution in [1.29, 1.82) is 0 Å².